The Morgan fingerprint density at radius 3 is 2.42 bits per heavy atom. The van der Waals surface area contributed by atoms with E-state index in [0.717, 1.165) is 25.7 Å². The first-order chi connectivity index (χ1) is 9.16. The molecular formula is C14H19NO3S. The number of oxime groups is 1. The predicted octanol–water partition coefficient (Wildman–Crippen LogP) is 3.01. The van der Waals surface area contributed by atoms with Gasteiger partial charge in [-0.2, -0.15) is 0 Å². The highest BCUT2D eigenvalue weighted by Gasteiger charge is 2.32. The molecule has 0 amide bonds. The van der Waals surface area contributed by atoms with Crippen LogP contribution < -0.4 is 0 Å². The zero-order chi connectivity index (χ0) is 13.7. The monoisotopic (exact) mass is 281 g/mol. The molecule has 0 bridgehead atoms. The zero-order valence-electron chi connectivity index (χ0n) is 10.8. The summed E-state index contributed by atoms with van der Waals surface area (Å²) in [4.78, 5) is 0.307. The van der Waals surface area contributed by atoms with Crippen molar-refractivity contribution in [3.8, 4) is 0 Å². The highest BCUT2D eigenvalue weighted by molar-refractivity contribution is 7.92. The number of hydrogen-bond donors (Lipinski definition) is 1. The van der Waals surface area contributed by atoms with Crippen LogP contribution in [0, 0.1) is 0 Å². The van der Waals surface area contributed by atoms with Crippen LogP contribution in [0.5, 0.6) is 0 Å². The summed E-state index contributed by atoms with van der Waals surface area (Å²) in [6.07, 6.45) is 4.95. The van der Waals surface area contributed by atoms with Gasteiger partial charge in [0.1, 0.15) is 5.25 Å². The van der Waals surface area contributed by atoms with Crippen LogP contribution in [-0.2, 0) is 9.84 Å². The van der Waals surface area contributed by atoms with E-state index in [1.807, 2.05) is 0 Å². The molecule has 1 aromatic rings. The largest absolute Gasteiger partial charge is 0.411 e. The Hall–Kier alpha value is -1.36. The maximum Gasteiger partial charge on any atom is 0.186 e. The van der Waals surface area contributed by atoms with Gasteiger partial charge < -0.3 is 5.21 Å². The minimum atomic E-state index is -3.45. The third-order valence-electron chi connectivity index (χ3n) is 3.60. The lowest BCUT2D eigenvalue weighted by Gasteiger charge is -2.21. The fraction of sp³-hybridized carbons (Fsp3) is 0.500. The molecule has 1 fully saturated rings. The third kappa shape index (κ3) is 3.15. The van der Waals surface area contributed by atoms with Gasteiger partial charge in [0.05, 0.1) is 10.6 Å². The normalized spacial score (nSPS) is 23.8. The summed E-state index contributed by atoms with van der Waals surface area (Å²) in [5.41, 5.74) is 0.406. The van der Waals surface area contributed by atoms with E-state index in [4.69, 9.17) is 5.21 Å². The van der Waals surface area contributed by atoms with Gasteiger partial charge in [-0.05, 0) is 31.4 Å². The van der Waals surface area contributed by atoms with Crippen LogP contribution in [0.2, 0.25) is 0 Å². The third-order valence-corrected chi connectivity index (χ3v) is 5.78. The van der Waals surface area contributed by atoms with Crippen molar-refractivity contribution in [1.29, 1.82) is 0 Å². The van der Waals surface area contributed by atoms with Crippen molar-refractivity contribution in [3.05, 3.63) is 30.3 Å². The lowest BCUT2D eigenvalue weighted by atomic mass is 9.99. The molecule has 19 heavy (non-hydrogen) atoms. The van der Waals surface area contributed by atoms with E-state index < -0.39 is 15.1 Å². The standard InChI is InChI=1S/C14H19NO3S/c16-15-13-10-6-1-2-7-11-14(13)19(17,18)12-8-4-3-5-9-12/h3-5,8-9,14,16H,1-2,6-7,10-11H2/b15-13-/t14-/m0/s1. The van der Waals surface area contributed by atoms with Gasteiger partial charge in [-0.15, -0.1) is 0 Å². The van der Waals surface area contributed by atoms with Gasteiger partial charge in [0, 0.05) is 0 Å². The number of nitrogens with zero attached hydrogens (tertiary/aromatic N) is 1. The van der Waals surface area contributed by atoms with E-state index >= 15 is 0 Å². The van der Waals surface area contributed by atoms with Crippen molar-refractivity contribution >= 4 is 15.5 Å². The molecule has 1 atom stereocenters. The molecule has 5 heteroatoms. The Bertz CT molecular complexity index is 537. The highest BCUT2D eigenvalue weighted by atomic mass is 32.2. The van der Waals surface area contributed by atoms with E-state index in [1.165, 1.54) is 0 Å². The average Bonchev–Trinajstić information content (AvgIpc) is 2.39. The molecule has 1 N–H and O–H groups in total. The molecular weight excluding hydrogens is 262 g/mol. The molecule has 0 aromatic heterocycles. The van der Waals surface area contributed by atoms with Crippen LogP contribution in [-0.4, -0.2) is 24.6 Å². The van der Waals surface area contributed by atoms with E-state index in [2.05, 4.69) is 5.16 Å². The first kappa shape index (κ1) is 14.1. The quantitative estimate of drug-likeness (QED) is 0.669. The van der Waals surface area contributed by atoms with Crippen LogP contribution in [0.1, 0.15) is 38.5 Å². The van der Waals surface area contributed by atoms with Crippen LogP contribution in [0.3, 0.4) is 0 Å². The minimum absolute atomic E-state index is 0.307. The van der Waals surface area contributed by atoms with E-state index in [9.17, 15) is 8.42 Å². The lowest BCUT2D eigenvalue weighted by Crippen LogP contribution is -2.31. The van der Waals surface area contributed by atoms with E-state index in [0.29, 0.717) is 23.4 Å². The van der Waals surface area contributed by atoms with Crippen molar-refractivity contribution in [2.75, 3.05) is 0 Å². The van der Waals surface area contributed by atoms with Gasteiger partial charge in [-0.25, -0.2) is 8.42 Å². The van der Waals surface area contributed by atoms with Crippen molar-refractivity contribution in [2.45, 2.75) is 48.7 Å². The Labute approximate surface area is 114 Å². The van der Waals surface area contributed by atoms with Crippen molar-refractivity contribution < 1.29 is 13.6 Å². The van der Waals surface area contributed by atoms with Crippen LogP contribution in [0.25, 0.3) is 0 Å². The fourth-order valence-electron chi connectivity index (χ4n) is 2.54. The van der Waals surface area contributed by atoms with Gasteiger partial charge in [0.15, 0.2) is 9.84 Å². The Morgan fingerprint density at radius 2 is 1.74 bits per heavy atom. The predicted molar refractivity (Wildman–Crippen MR) is 74.3 cm³/mol. The molecule has 0 unspecified atom stereocenters. The second kappa shape index (κ2) is 6.19. The molecule has 1 aliphatic rings. The first-order valence-corrected chi connectivity index (χ1v) is 8.20. The number of hydrogen-bond acceptors (Lipinski definition) is 4. The van der Waals surface area contributed by atoms with Crippen LogP contribution in [0.15, 0.2) is 40.4 Å². The van der Waals surface area contributed by atoms with E-state index in [-0.39, 0.29) is 0 Å². The van der Waals surface area contributed by atoms with Gasteiger partial charge >= 0.3 is 0 Å². The Balaban J connectivity index is 2.36. The topological polar surface area (TPSA) is 66.7 Å². The van der Waals surface area contributed by atoms with Crippen LogP contribution in [0.4, 0.5) is 0 Å². The van der Waals surface area contributed by atoms with Gasteiger partial charge in [0.2, 0.25) is 0 Å². The first-order valence-electron chi connectivity index (χ1n) is 6.66. The van der Waals surface area contributed by atoms with Crippen molar-refractivity contribution in [3.63, 3.8) is 0 Å². The number of rotatable bonds is 2. The summed E-state index contributed by atoms with van der Waals surface area (Å²) in [6, 6.07) is 8.42. The molecule has 1 aromatic carbocycles. The summed E-state index contributed by atoms with van der Waals surface area (Å²) >= 11 is 0. The molecule has 2 rings (SSSR count). The lowest BCUT2D eigenvalue weighted by molar-refractivity contribution is 0.315. The van der Waals surface area contributed by atoms with Crippen LogP contribution >= 0.6 is 0 Å². The van der Waals surface area contributed by atoms with E-state index in [1.54, 1.807) is 30.3 Å². The Kier molecular flexibility index (Phi) is 4.58. The molecule has 4 nitrogen and oxygen atoms in total. The van der Waals surface area contributed by atoms with Gasteiger partial charge in [0.25, 0.3) is 0 Å². The maximum atomic E-state index is 12.6. The molecule has 0 radical (unpaired) electrons. The zero-order valence-corrected chi connectivity index (χ0v) is 11.6. The summed E-state index contributed by atoms with van der Waals surface area (Å²) in [7, 11) is -3.45. The second-order valence-electron chi connectivity index (χ2n) is 4.89. The summed E-state index contributed by atoms with van der Waals surface area (Å²) in [5.74, 6) is 0. The van der Waals surface area contributed by atoms with Crippen molar-refractivity contribution in [2.24, 2.45) is 5.16 Å². The molecule has 1 saturated carbocycles. The smallest absolute Gasteiger partial charge is 0.186 e. The average molecular weight is 281 g/mol. The molecule has 0 aliphatic heterocycles. The maximum absolute atomic E-state index is 12.6. The minimum Gasteiger partial charge on any atom is -0.411 e. The Morgan fingerprint density at radius 1 is 1.05 bits per heavy atom. The summed E-state index contributed by atoms with van der Waals surface area (Å²) in [5, 5.41) is 11.7. The molecule has 0 spiro atoms. The second-order valence-corrected chi connectivity index (χ2v) is 7.02. The van der Waals surface area contributed by atoms with Gasteiger partial charge in [-0.1, -0.05) is 42.6 Å². The fourth-order valence-corrected chi connectivity index (χ4v) is 4.41. The molecule has 0 saturated heterocycles. The molecule has 104 valence electrons. The number of sulfone groups is 1. The molecule has 1 aliphatic carbocycles. The number of benzene rings is 1. The summed E-state index contributed by atoms with van der Waals surface area (Å²) < 4.78 is 25.3. The highest BCUT2D eigenvalue weighted by Crippen LogP contribution is 2.25. The molecule has 0 heterocycles. The van der Waals surface area contributed by atoms with Crippen molar-refractivity contribution in [1.82, 2.24) is 0 Å². The van der Waals surface area contributed by atoms with Gasteiger partial charge in [-0.3, -0.25) is 0 Å². The summed E-state index contributed by atoms with van der Waals surface area (Å²) in [6.45, 7) is 0. The SMILES string of the molecule is O=S(=O)(c1ccccc1)[C@H]1CCCCCC/C1=N/O.